The lowest BCUT2D eigenvalue weighted by molar-refractivity contribution is -0.139. The second-order valence-electron chi connectivity index (χ2n) is 7.23. The number of carbonyl (C=O) groups is 1. The van der Waals surface area contributed by atoms with Crippen LogP contribution in [0.3, 0.4) is 0 Å². The number of hydrogen-bond acceptors (Lipinski definition) is 2. The van der Waals surface area contributed by atoms with Gasteiger partial charge in [-0.05, 0) is 62.1 Å². The number of carbonyl (C=O) groups excluding carboxylic acids is 1. The van der Waals surface area contributed by atoms with E-state index in [1.165, 1.54) is 11.1 Å². The van der Waals surface area contributed by atoms with Crippen LogP contribution >= 0.6 is 12.4 Å². The van der Waals surface area contributed by atoms with Gasteiger partial charge < -0.3 is 10.6 Å². The lowest BCUT2D eigenvalue weighted by Gasteiger charge is -2.37. The average molecular weight is 351 g/mol. The van der Waals surface area contributed by atoms with Crippen molar-refractivity contribution >= 4 is 18.3 Å². The van der Waals surface area contributed by atoms with Gasteiger partial charge in [-0.3, -0.25) is 4.79 Å². The minimum atomic E-state index is 0. The first-order valence-corrected chi connectivity index (χ1v) is 9.32. The molecule has 24 heavy (non-hydrogen) atoms. The molecule has 1 fully saturated rings. The molecule has 0 radical (unpaired) electrons. The van der Waals surface area contributed by atoms with Crippen molar-refractivity contribution in [2.24, 2.45) is 17.6 Å². The van der Waals surface area contributed by atoms with Crippen molar-refractivity contribution in [1.29, 1.82) is 0 Å². The second kappa shape index (κ2) is 8.87. The lowest BCUT2D eigenvalue weighted by Crippen LogP contribution is -2.47. The fourth-order valence-electron chi connectivity index (χ4n) is 4.52. The van der Waals surface area contributed by atoms with Crippen LogP contribution in [0.25, 0.3) is 0 Å². The molecule has 0 saturated heterocycles. The molecule has 0 spiro atoms. The summed E-state index contributed by atoms with van der Waals surface area (Å²) < 4.78 is 0. The molecule has 0 bridgehead atoms. The van der Waals surface area contributed by atoms with Crippen molar-refractivity contribution < 1.29 is 4.79 Å². The summed E-state index contributed by atoms with van der Waals surface area (Å²) in [6.07, 6.45) is 7.56. The standard InChI is InChI=1S/C20H30N2O.ClH/c1-2-12-22(20(23)19-9-5-8-17(19)14-21)18-11-10-15-6-3-4-7-16(15)13-18;/h3-4,6-7,17-19H,2,5,8-14,21H2,1H3;1H/t17-,18?,19-;/m1./s1. The van der Waals surface area contributed by atoms with Gasteiger partial charge in [0.15, 0.2) is 0 Å². The third kappa shape index (κ3) is 3.94. The lowest BCUT2D eigenvalue weighted by atomic mass is 9.86. The Hall–Kier alpha value is -1.06. The van der Waals surface area contributed by atoms with E-state index >= 15 is 0 Å². The molecule has 3 nitrogen and oxygen atoms in total. The molecule has 2 N–H and O–H groups in total. The third-order valence-electron chi connectivity index (χ3n) is 5.79. The monoisotopic (exact) mass is 350 g/mol. The molecule has 1 unspecified atom stereocenters. The molecule has 134 valence electrons. The van der Waals surface area contributed by atoms with Gasteiger partial charge in [-0.15, -0.1) is 12.4 Å². The maximum Gasteiger partial charge on any atom is 0.226 e. The van der Waals surface area contributed by atoms with Crippen LogP contribution in [0.4, 0.5) is 0 Å². The summed E-state index contributed by atoms with van der Waals surface area (Å²) in [5.41, 5.74) is 8.80. The van der Waals surface area contributed by atoms with E-state index in [2.05, 4.69) is 36.1 Å². The van der Waals surface area contributed by atoms with Crippen LogP contribution in [0.5, 0.6) is 0 Å². The molecular weight excluding hydrogens is 320 g/mol. The van der Waals surface area contributed by atoms with E-state index in [9.17, 15) is 4.79 Å². The van der Waals surface area contributed by atoms with Crippen LogP contribution in [0.1, 0.15) is 50.2 Å². The number of nitrogens with two attached hydrogens (primary N) is 1. The summed E-state index contributed by atoms with van der Waals surface area (Å²) in [6.45, 7) is 3.72. The van der Waals surface area contributed by atoms with E-state index in [1.807, 2.05) is 0 Å². The molecule has 0 aromatic heterocycles. The smallest absolute Gasteiger partial charge is 0.226 e. The Morgan fingerprint density at radius 1 is 1.21 bits per heavy atom. The van der Waals surface area contributed by atoms with Crippen molar-refractivity contribution in [2.45, 2.75) is 57.9 Å². The summed E-state index contributed by atoms with van der Waals surface area (Å²) in [4.78, 5) is 15.4. The Morgan fingerprint density at radius 3 is 2.67 bits per heavy atom. The minimum absolute atomic E-state index is 0. The fourth-order valence-corrected chi connectivity index (χ4v) is 4.52. The average Bonchev–Trinajstić information content (AvgIpc) is 3.07. The van der Waals surface area contributed by atoms with Crippen LogP contribution in [-0.4, -0.2) is 29.9 Å². The molecule has 0 heterocycles. The molecule has 3 atom stereocenters. The summed E-state index contributed by atoms with van der Waals surface area (Å²) in [5.74, 6) is 0.950. The van der Waals surface area contributed by atoms with Crippen LogP contribution in [0.2, 0.25) is 0 Å². The van der Waals surface area contributed by atoms with E-state index in [1.54, 1.807) is 0 Å². The topological polar surface area (TPSA) is 46.3 Å². The maximum atomic E-state index is 13.2. The van der Waals surface area contributed by atoms with Gasteiger partial charge in [0, 0.05) is 18.5 Å². The van der Waals surface area contributed by atoms with Gasteiger partial charge in [0.25, 0.3) is 0 Å². The summed E-state index contributed by atoms with van der Waals surface area (Å²) >= 11 is 0. The highest BCUT2D eigenvalue weighted by molar-refractivity contribution is 5.85. The fraction of sp³-hybridized carbons (Fsp3) is 0.650. The largest absolute Gasteiger partial charge is 0.339 e. The number of halogens is 1. The first-order valence-electron chi connectivity index (χ1n) is 9.32. The molecule has 0 aliphatic heterocycles. The predicted octanol–water partition coefficient (Wildman–Crippen LogP) is 3.58. The predicted molar refractivity (Wildman–Crippen MR) is 101 cm³/mol. The van der Waals surface area contributed by atoms with Crippen LogP contribution in [0, 0.1) is 11.8 Å². The van der Waals surface area contributed by atoms with Crippen molar-refractivity contribution in [3.05, 3.63) is 35.4 Å². The van der Waals surface area contributed by atoms with Crippen molar-refractivity contribution in [1.82, 2.24) is 4.90 Å². The zero-order valence-electron chi connectivity index (χ0n) is 14.7. The molecule has 4 heteroatoms. The number of nitrogens with zero attached hydrogens (tertiary/aromatic N) is 1. The van der Waals surface area contributed by atoms with E-state index < -0.39 is 0 Å². The van der Waals surface area contributed by atoms with Gasteiger partial charge in [-0.25, -0.2) is 0 Å². The first-order chi connectivity index (χ1) is 11.2. The summed E-state index contributed by atoms with van der Waals surface area (Å²) in [7, 11) is 0. The normalized spacial score (nSPS) is 25.7. The Kier molecular flexibility index (Phi) is 7.12. The van der Waals surface area contributed by atoms with E-state index in [0.717, 1.165) is 51.5 Å². The Morgan fingerprint density at radius 2 is 1.96 bits per heavy atom. The third-order valence-corrected chi connectivity index (χ3v) is 5.79. The highest BCUT2D eigenvalue weighted by atomic mass is 35.5. The van der Waals surface area contributed by atoms with Crippen LogP contribution < -0.4 is 5.73 Å². The molecule has 2 aliphatic carbocycles. The van der Waals surface area contributed by atoms with E-state index in [0.29, 0.717) is 24.4 Å². The maximum absolute atomic E-state index is 13.2. The molecular formula is C20H31ClN2O. The molecule has 2 aliphatic rings. The van der Waals surface area contributed by atoms with E-state index in [4.69, 9.17) is 5.73 Å². The van der Waals surface area contributed by atoms with Crippen molar-refractivity contribution in [3.8, 4) is 0 Å². The number of fused-ring (bicyclic) bond motifs is 1. The van der Waals surface area contributed by atoms with Gasteiger partial charge >= 0.3 is 0 Å². The van der Waals surface area contributed by atoms with Gasteiger partial charge in [-0.2, -0.15) is 0 Å². The molecule has 1 aromatic carbocycles. The minimum Gasteiger partial charge on any atom is -0.339 e. The van der Waals surface area contributed by atoms with E-state index in [-0.39, 0.29) is 18.3 Å². The van der Waals surface area contributed by atoms with Gasteiger partial charge in [0.2, 0.25) is 5.91 Å². The molecule has 1 amide bonds. The summed E-state index contributed by atoms with van der Waals surface area (Å²) in [6, 6.07) is 9.08. The highest BCUT2D eigenvalue weighted by Gasteiger charge is 2.37. The van der Waals surface area contributed by atoms with Crippen LogP contribution in [-0.2, 0) is 17.6 Å². The SMILES string of the molecule is CCCN(C(=O)[C@@H]1CCC[C@@H]1CN)C1CCc2ccccc2C1.Cl. The zero-order valence-corrected chi connectivity index (χ0v) is 15.6. The summed E-state index contributed by atoms with van der Waals surface area (Å²) in [5, 5.41) is 0. The Balaban J connectivity index is 0.00000208. The number of aryl methyl sites for hydroxylation is 1. The highest BCUT2D eigenvalue weighted by Crippen LogP contribution is 2.34. The quantitative estimate of drug-likeness (QED) is 0.882. The number of benzene rings is 1. The second-order valence-corrected chi connectivity index (χ2v) is 7.23. The molecule has 1 aromatic rings. The first kappa shape index (κ1) is 19.3. The van der Waals surface area contributed by atoms with Gasteiger partial charge in [0.05, 0.1) is 0 Å². The van der Waals surface area contributed by atoms with Crippen molar-refractivity contribution in [3.63, 3.8) is 0 Å². The molecule has 1 saturated carbocycles. The van der Waals surface area contributed by atoms with Gasteiger partial charge in [0.1, 0.15) is 0 Å². The van der Waals surface area contributed by atoms with Crippen molar-refractivity contribution in [2.75, 3.05) is 13.1 Å². The van der Waals surface area contributed by atoms with Gasteiger partial charge in [-0.1, -0.05) is 37.6 Å². The molecule has 3 rings (SSSR count). The Labute approximate surface area is 152 Å². The zero-order chi connectivity index (χ0) is 16.2. The number of amides is 1. The number of rotatable bonds is 5. The number of hydrogen-bond donors (Lipinski definition) is 1. The van der Waals surface area contributed by atoms with Crippen LogP contribution in [0.15, 0.2) is 24.3 Å². The Bertz CT molecular complexity index is 548.